The van der Waals surface area contributed by atoms with Crippen molar-refractivity contribution in [3.05, 3.63) is 70.6 Å². The van der Waals surface area contributed by atoms with Crippen LogP contribution in [0.1, 0.15) is 21.9 Å². The van der Waals surface area contributed by atoms with Crippen LogP contribution in [0.3, 0.4) is 0 Å². The largest absolute Gasteiger partial charge is 0.497 e. The Labute approximate surface area is 168 Å². The van der Waals surface area contributed by atoms with E-state index in [1.807, 2.05) is 31.2 Å². The maximum absolute atomic E-state index is 12.5. The topological polar surface area (TPSA) is 69.9 Å². The second-order valence-corrected chi connectivity index (χ2v) is 6.42. The monoisotopic (exact) mass is 401 g/mol. The lowest BCUT2D eigenvalue weighted by Crippen LogP contribution is -2.12. The van der Waals surface area contributed by atoms with Gasteiger partial charge in [-0.2, -0.15) is 0 Å². The molecule has 0 saturated carbocycles. The van der Waals surface area contributed by atoms with Crippen molar-refractivity contribution in [1.29, 1.82) is 0 Å². The first-order valence-corrected chi connectivity index (χ1v) is 8.89. The molecule has 0 unspecified atom stereocenters. The molecule has 0 spiro atoms. The number of methoxy groups -OCH3 is 2. The average molecular weight is 402 g/mol. The minimum absolute atomic E-state index is 0.136. The van der Waals surface area contributed by atoms with Gasteiger partial charge in [0, 0.05) is 12.1 Å². The van der Waals surface area contributed by atoms with Gasteiger partial charge in [-0.15, -0.1) is 0 Å². The molecule has 7 heteroatoms. The molecule has 0 fully saturated rings. The fourth-order valence-electron chi connectivity index (χ4n) is 2.50. The second kappa shape index (κ2) is 8.71. The Morgan fingerprint density at radius 3 is 2.46 bits per heavy atom. The standard InChI is InChI=1S/C21H20ClNO5/c1-13-4-6-14(7-5-13)27-12-15-8-9-18(28-15)21(24)23-20-17(22)10-16(25-2)11-19(20)26-3/h4-11H,12H2,1-3H3,(H,23,24). The van der Waals surface area contributed by atoms with Crippen molar-refractivity contribution in [3.8, 4) is 17.2 Å². The summed E-state index contributed by atoms with van der Waals surface area (Å²) in [6.45, 7) is 2.22. The minimum atomic E-state index is -0.452. The Morgan fingerprint density at radius 1 is 1.04 bits per heavy atom. The van der Waals surface area contributed by atoms with Gasteiger partial charge in [0.25, 0.3) is 5.91 Å². The summed E-state index contributed by atoms with van der Waals surface area (Å²) in [6.07, 6.45) is 0. The van der Waals surface area contributed by atoms with E-state index in [1.165, 1.54) is 14.2 Å². The van der Waals surface area contributed by atoms with Crippen molar-refractivity contribution in [2.75, 3.05) is 19.5 Å². The van der Waals surface area contributed by atoms with E-state index in [0.29, 0.717) is 28.0 Å². The lowest BCUT2D eigenvalue weighted by atomic mass is 10.2. The lowest BCUT2D eigenvalue weighted by molar-refractivity contribution is 0.0992. The summed E-state index contributed by atoms with van der Waals surface area (Å²) >= 11 is 6.23. The first-order valence-electron chi connectivity index (χ1n) is 8.51. The number of benzene rings is 2. The number of furan rings is 1. The molecule has 0 radical (unpaired) electrons. The molecule has 0 aliphatic heterocycles. The van der Waals surface area contributed by atoms with Crippen molar-refractivity contribution in [3.63, 3.8) is 0 Å². The number of hydrogen-bond donors (Lipinski definition) is 1. The van der Waals surface area contributed by atoms with Crippen LogP contribution >= 0.6 is 11.6 Å². The Balaban J connectivity index is 1.68. The molecule has 0 aliphatic rings. The molecule has 1 N–H and O–H groups in total. The molecular weight excluding hydrogens is 382 g/mol. The van der Waals surface area contributed by atoms with Crippen molar-refractivity contribution in [2.24, 2.45) is 0 Å². The van der Waals surface area contributed by atoms with Crippen LogP contribution in [0.15, 0.2) is 52.9 Å². The van der Waals surface area contributed by atoms with E-state index in [-0.39, 0.29) is 12.4 Å². The maximum Gasteiger partial charge on any atom is 0.291 e. The third kappa shape index (κ3) is 4.58. The van der Waals surface area contributed by atoms with Gasteiger partial charge in [0.15, 0.2) is 5.76 Å². The number of anilines is 1. The summed E-state index contributed by atoms with van der Waals surface area (Å²) < 4.78 is 21.7. The van der Waals surface area contributed by atoms with E-state index in [0.717, 1.165) is 11.3 Å². The molecule has 146 valence electrons. The summed E-state index contributed by atoms with van der Waals surface area (Å²) in [4.78, 5) is 12.5. The number of amides is 1. The molecule has 1 amide bonds. The van der Waals surface area contributed by atoms with Gasteiger partial charge in [-0.1, -0.05) is 29.3 Å². The van der Waals surface area contributed by atoms with E-state index in [9.17, 15) is 4.79 Å². The Morgan fingerprint density at radius 2 is 1.79 bits per heavy atom. The molecule has 3 aromatic rings. The van der Waals surface area contributed by atoms with Crippen LogP contribution in [-0.2, 0) is 6.61 Å². The molecule has 3 rings (SSSR count). The van der Waals surface area contributed by atoms with Gasteiger partial charge in [-0.3, -0.25) is 4.79 Å². The van der Waals surface area contributed by atoms with Crippen LogP contribution in [0.4, 0.5) is 5.69 Å². The zero-order valence-electron chi connectivity index (χ0n) is 15.7. The number of nitrogens with one attached hydrogen (secondary N) is 1. The first-order chi connectivity index (χ1) is 13.5. The molecule has 0 saturated heterocycles. The molecule has 0 aliphatic carbocycles. The highest BCUT2D eigenvalue weighted by molar-refractivity contribution is 6.34. The van der Waals surface area contributed by atoms with Crippen molar-refractivity contribution >= 4 is 23.2 Å². The molecular formula is C21H20ClNO5. The molecule has 0 bridgehead atoms. The molecule has 6 nitrogen and oxygen atoms in total. The quantitative estimate of drug-likeness (QED) is 0.597. The summed E-state index contributed by atoms with van der Waals surface area (Å²) in [7, 11) is 3.00. The number of rotatable bonds is 7. The highest BCUT2D eigenvalue weighted by Gasteiger charge is 2.17. The SMILES string of the molecule is COc1cc(Cl)c(NC(=O)c2ccc(COc3ccc(C)cc3)o2)c(OC)c1. The Hall–Kier alpha value is -3.12. The van der Waals surface area contributed by atoms with E-state index in [1.54, 1.807) is 24.3 Å². The summed E-state index contributed by atoms with van der Waals surface area (Å²) in [5.74, 6) is 1.84. The predicted octanol–water partition coefficient (Wildman–Crippen LogP) is 5.09. The lowest BCUT2D eigenvalue weighted by Gasteiger charge is -2.13. The van der Waals surface area contributed by atoms with Gasteiger partial charge in [0.1, 0.15) is 35.3 Å². The van der Waals surface area contributed by atoms with Gasteiger partial charge in [-0.05, 0) is 31.2 Å². The van der Waals surface area contributed by atoms with Crippen LogP contribution < -0.4 is 19.5 Å². The normalized spacial score (nSPS) is 10.4. The molecule has 1 aromatic heterocycles. The molecule has 28 heavy (non-hydrogen) atoms. The second-order valence-electron chi connectivity index (χ2n) is 6.01. The van der Waals surface area contributed by atoms with Crippen molar-refractivity contribution in [2.45, 2.75) is 13.5 Å². The third-order valence-corrected chi connectivity index (χ3v) is 4.31. The van der Waals surface area contributed by atoms with Gasteiger partial charge >= 0.3 is 0 Å². The maximum atomic E-state index is 12.5. The Kier molecular flexibility index (Phi) is 6.11. The van der Waals surface area contributed by atoms with E-state index in [2.05, 4.69) is 5.32 Å². The minimum Gasteiger partial charge on any atom is -0.497 e. The van der Waals surface area contributed by atoms with Gasteiger partial charge in [0.2, 0.25) is 0 Å². The number of halogens is 1. The smallest absolute Gasteiger partial charge is 0.291 e. The summed E-state index contributed by atoms with van der Waals surface area (Å²) in [5.41, 5.74) is 1.49. The van der Waals surface area contributed by atoms with Crippen LogP contribution in [0.5, 0.6) is 17.2 Å². The van der Waals surface area contributed by atoms with Crippen molar-refractivity contribution < 1.29 is 23.4 Å². The van der Waals surface area contributed by atoms with Gasteiger partial charge in [0.05, 0.1) is 19.2 Å². The third-order valence-electron chi connectivity index (χ3n) is 4.01. The summed E-state index contributed by atoms with van der Waals surface area (Å²) in [6, 6.07) is 14.2. The number of hydrogen-bond acceptors (Lipinski definition) is 5. The first kappa shape index (κ1) is 19.6. The number of carbonyl (C=O) groups is 1. The Bertz CT molecular complexity index is 965. The van der Waals surface area contributed by atoms with Crippen LogP contribution in [0, 0.1) is 6.92 Å². The fraction of sp³-hybridized carbons (Fsp3) is 0.190. The fourth-order valence-corrected chi connectivity index (χ4v) is 2.75. The zero-order chi connectivity index (χ0) is 20.1. The van der Waals surface area contributed by atoms with E-state index >= 15 is 0 Å². The van der Waals surface area contributed by atoms with Gasteiger partial charge in [-0.25, -0.2) is 0 Å². The van der Waals surface area contributed by atoms with E-state index < -0.39 is 5.91 Å². The van der Waals surface area contributed by atoms with Gasteiger partial charge < -0.3 is 23.9 Å². The highest BCUT2D eigenvalue weighted by atomic mass is 35.5. The number of carbonyl (C=O) groups excluding carboxylic acids is 1. The van der Waals surface area contributed by atoms with Crippen molar-refractivity contribution in [1.82, 2.24) is 0 Å². The molecule has 2 aromatic carbocycles. The molecule has 1 heterocycles. The average Bonchev–Trinajstić information content (AvgIpc) is 3.18. The van der Waals surface area contributed by atoms with Crippen LogP contribution in [0.25, 0.3) is 0 Å². The number of ether oxygens (including phenoxy) is 3. The summed E-state index contributed by atoms with van der Waals surface area (Å²) in [5, 5.41) is 3.00. The predicted molar refractivity (Wildman–Crippen MR) is 107 cm³/mol. The highest BCUT2D eigenvalue weighted by Crippen LogP contribution is 2.37. The zero-order valence-corrected chi connectivity index (χ0v) is 16.5. The van der Waals surface area contributed by atoms with Crippen LogP contribution in [0.2, 0.25) is 5.02 Å². The number of aryl methyl sites for hydroxylation is 1. The molecule has 0 atom stereocenters. The van der Waals surface area contributed by atoms with E-state index in [4.69, 9.17) is 30.2 Å². The van der Waals surface area contributed by atoms with Crippen LogP contribution in [-0.4, -0.2) is 20.1 Å².